The van der Waals surface area contributed by atoms with Gasteiger partial charge in [-0.2, -0.15) is 0 Å². The maximum absolute atomic E-state index is 11.9. The molecule has 1 unspecified atom stereocenters. The molecule has 0 aliphatic carbocycles. The minimum Gasteiger partial charge on any atom is -0.356 e. The SMILES string of the molecule is CN=C(NCc1ccc(Br)cc1Cl)NCC1CC(=O)Nc2ccccc21.I. The van der Waals surface area contributed by atoms with Gasteiger partial charge >= 0.3 is 0 Å². The van der Waals surface area contributed by atoms with Gasteiger partial charge in [0.25, 0.3) is 0 Å². The maximum Gasteiger partial charge on any atom is 0.225 e. The van der Waals surface area contributed by atoms with Crippen molar-refractivity contribution in [3.05, 3.63) is 63.1 Å². The Hall–Kier alpha value is -1.32. The first-order valence-corrected chi connectivity index (χ1v) is 9.51. The van der Waals surface area contributed by atoms with Crippen molar-refractivity contribution in [2.45, 2.75) is 18.9 Å². The van der Waals surface area contributed by atoms with Crippen molar-refractivity contribution >= 4 is 69.1 Å². The molecule has 0 bridgehead atoms. The number of benzene rings is 2. The number of nitrogens with one attached hydrogen (secondary N) is 3. The Morgan fingerprint density at radius 2 is 2.07 bits per heavy atom. The van der Waals surface area contributed by atoms with Crippen LogP contribution in [0.15, 0.2) is 51.9 Å². The highest BCUT2D eigenvalue weighted by Crippen LogP contribution is 2.31. The van der Waals surface area contributed by atoms with E-state index in [1.807, 2.05) is 36.4 Å². The van der Waals surface area contributed by atoms with Gasteiger partial charge in [-0.05, 0) is 29.3 Å². The molecule has 0 saturated carbocycles. The van der Waals surface area contributed by atoms with E-state index in [1.54, 1.807) is 7.05 Å². The fourth-order valence-corrected chi connectivity index (χ4v) is 3.71. The minimum atomic E-state index is 0. The molecular weight excluding hydrogens is 542 g/mol. The van der Waals surface area contributed by atoms with E-state index in [4.69, 9.17) is 11.6 Å². The predicted octanol–water partition coefficient (Wildman–Crippen LogP) is 4.51. The van der Waals surface area contributed by atoms with Crippen molar-refractivity contribution in [2.24, 2.45) is 4.99 Å². The standard InChI is InChI=1S/C19H20BrClN4O.HI/c1-22-19(23-10-12-6-7-14(20)9-16(12)21)24-11-13-8-18(26)25-17-5-3-2-4-15(13)17;/h2-7,9,13H,8,10-11H2,1H3,(H,25,26)(H2,22,23,24);1H. The van der Waals surface area contributed by atoms with Crippen LogP contribution in [0.3, 0.4) is 0 Å². The Labute approximate surface area is 189 Å². The second-order valence-electron chi connectivity index (χ2n) is 6.08. The first kappa shape index (κ1) is 22.0. The van der Waals surface area contributed by atoms with Crippen LogP contribution in [-0.2, 0) is 11.3 Å². The lowest BCUT2D eigenvalue weighted by Gasteiger charge is -2.26. The van der Waals surface area contributed by atoms with Gasteiger partial charge in [0.2, 0.25) is 5.91 Å². The number of halogens is 3. The zero-order valence-corrected chi connectivity index (χ0v) is 19.4. The molecule has 1 aliphatic rings. The van der Waals surface area contributed by atoms with Crippen LogP contribution in [0.25, 0.3) is 0 Å². The fourth-order valence-electron chi connectivity index (χ4n) is 2.97. The lowest BCUT2D eigenvalue weighted by molar-refractivity contribution is -0.116. The highest BCUT2D eigenvalue weighted by Gasteiger charge is 2.24. The molecule has 2 aromatic rings. The molecule has 1 aliphatic heterocycles. The number of carbonyl (C=O) groups excluding carboxylic acids is 1. The first-order chi connectivity index (χ1) is 12.6. The highest BCUT2D eigenvalue weighted by molar-refractivity contribution is 14.0. The third-order valence-electron chi connectivity index (χ3n) is 4.31. The van der Waals surface area contributed by atoms with Crippen LogP contribution < -0.4 is 16.0 Å². The van der Waals surface area contributed by atoms with Crippen molar-refractivity contribution in [1.82, 2.24) is 10.6 Å². The Morgan fingerprint density at radius 1 is 1.30 bits per heavy atom. The highest BCUT2D eigenvalue weighted by atomic mass is 127. The molecule has 0 spiro atoms. The van der Waals surface area contributed by atoms with Gasteiger partial charge < -0.3 is 16.0 Å². The Morgan fingerprint density at radius 3 is 2.81 bits per heavy atom. The molecule has 3 N–H and O–H groups in total. The van der Waals surface area contributed by atoms with Crippen molar-refractivity contribution in [1.29, 1.82) is 0 Å². The zero-order valence-electron chi connectivity index (χ0n) is 14.8. The molecule has 3 rings (SSSR count). The van der Waals surface area contributed by atoms with Crippen LogP contribution >= 0.6 is 51.5 Å². The summed E-state index contributed by atoms with van der Waals surface area (Å²) >= 11 is 9.66. The van der Waals surface area contributed by atoms with E-state index in [-0.39, 0.29) is 35.8 Å². The average molecular weight is 564 g/mol. The normalized spacial score (nSPS) is 16.0. The molecule has 2 aromatic carbocycles. The average Bonchev–Trinajstić information content (AvgIpc) is 2.63. The van der Waals surface area contributed by atoms with Gasteiger partial charge in [0, 0.05) is 47.7 Å². The molecule has 8 heteroatoms. The quantitative estimate of drug-likeness (QED) is 0.292. The van der Waals surface area contributed by atoms with E-state index in [0.29, 0.717) is 30.5 Å². The van der Waals surface area contributed by atoms with Crippen molar-refractivity contribution in [3.63, 3.8) is 0 Å². The Kier molecular flexibility index (Phi) is 8.37. The summed E-state index contributed by atoms with van der Waals surface area (Å²) in [6, 6.07) is 13.7. The summed E-state index contributed by atoms with van der Waals surface area (Å²) in [6.07, 6.45) is 0.458. The van der Waals surface area contributed by atoms with Gasteiger partial charge in [-0.15, -0.1) is 24.0 Å². The lowest BCUT2D eigenvalue weighted by atomic mass is 9.90. The van der Waals surface area contributed by atoms with Crippen molar-refractivity contribution in [3.8, 4) is 0 Å². The molecule has 0 radical (unpaired) electrons. The largest absolute Gasteiger partial charge is 0.356 e. The summed E-state index contributed by atoms with van der Waals surface area (Å²) in [5.41, 5.74) is 3.02. The van der Waals surface area contributed by atoms with Crippen LogP contribution in [0.2, 0.25) is 5.02 Å². The number of carbonyl (C=O) groups is 1. The van der Waals surface area contributed by atoms with E-state index in [1.165, 1.54) is 0 Å². The van der Waals surface area contributed by atoms with E-state index in [9.17, 15) is 4.79 Å². The molecule has 144 valence electrons. The topological polar surface area (TPSA) is 65.5 Å². The van der Waals surface area contributed by atoms with Crippen LogP contribution in [0.1, 0.15) is 23.5 Å². The molecule has 0 saturated heterocycles. The summed E-state index contributed by atoms with van der Waals surface area (Å²) in [7, 11) is 1.72. The molecule has 27 heavy (non-hydrogen) atoms. The minimum absolute atomic E-state index is 0. The summed E-state index contributed by atoms with van der Waals surface area (Å²) in [4.78, 5) is 16.2. The first-order valence-electron chi connectivity index (χ1n) is 8.34. The Bertz CT molecular complexity index is 846. The van der Waals surface area contributed by atoms with E-state index in [2.05, 4.69) is 42.9 Å². The number of guanidine groups is 1. The summed E-state index contributed by atoms with van der Waals surface area (Å²) in [6.45, 7) is 1.19. The molecule has 0 fully saturated rings. The van der Waals surface area contributed by atoms with Gasteiger partial charge in [0.15, 0.2) is 5.96 Å². The second kappa shape index (κ2) is 10.3. The maximum atomic E-state index is 11.9. The third kappa shape index (κ3) is 5.83. The molecule has 5 nitrogen and oxygen atoms in total. The van der Waals surface area contributed by atoms with Gasteiger partial charge in [-0.3, -0.25) is 9.79 Å². The molecular formula is C19H21BrClIN4O. The van der Waals surface area contributed by atoms with E-state index < -0.39 is 0 Å². The number of aliphatic imine (C=N–C) groups is 1. The number of anilines is 1. The smallest absolute Gasteiger partial charge is 0.225 e. The zero-order chi connectivity index (χ0) is 18.5. The van der Waals surface area contributed by atoms with Gasteiger partial charge in [-0.1, -0.05) is 51.8 Å². The summed E-state index contributed by atoms with van der Waals surface area (Å²) in [5.74, 6) is 0.822. The van der Waals surface area contributed by atoms with Crippen molar-refractivity contribution < 1.29 is 4.79 Å². The van der Waals surface area contributed by atoms with E-state index >= 15 is 0 Å². The molecule has 1 amide bonds. The summed E-state index contributed by atoms with van der Waals surface area (Å²) in [5, 5.41) is 10.2. The second-order valence-corrected chi connectivity index (χ2v) is 7.40. The predicted molar refractivity (Wildman–Crippen MR) is 125 cm³/mol. The van der Waals surface area contributed by atoms with Crippen molar-refractivity contribution in [2.75, 3.05) is 18.9 Å². The van der Waals surface area contributed by atoms with Crippen LogP contribution in [0.4, 0.5) is 5.69 Å². The summed E-state index contributed by atoms with van der Waals surface area (Å²) < 4.78 is 0.947. The third-order valence-corrected chi connectivity index (χ3v) is 5.15. The number of fused-ring (bicyclic) bond motifs is 1. The van der Waals surface area contributed by atoms with Crippen LogP contribution in [0.5, 0.6) is 0 Å². The fraction of sp³-hybridized carbons (Fsp3) is 0.263. The number of hydrogen-bond acceptors (Lipinski definition) is 2. The number of para-hydroxylation sites is 1. The lowest BCUT2D eigenvalue weighted by Crippen LogP contribution is -2.40. The van der Waals surface area contributed by atoms with Gasteiger partial charge in [-0.25, -0.2) is 0 Å². The Balaban J connectivity index is 0.00000261. The van der Waals surface area contributed by atoms with Gasteiger partial charge in [0.1, 0.15) is 0 Å². The number of amides is 1. The monoisotopic (exact) mass is 562 g/mol. The van der Waals surface area contributed by atoms with Crippen LogP contribution in [-0.4, -0.2) is 25.5 Å². The van der Waals surface area contributed by atoms with Crippen LogP contribution in [0, 0.1) is 0 Å². The van der Waals surface area contributed by atoms with Gasteiger partial charge in [0.05, 0.1) is 0 Å². The number of nitrogens with zero attached hydrogens (tertiary/aromatic N) is 1. The molecule has 1 heterocycles. The number of hydrogen-bond donors (Lipinski definition) is 3. The molecule has 1 atom stereocenters. The molecule has 0 aromatic heterocycles. The van der Waals surface area contributed by atoms with E-state index in [0.717, 1.165) is 21.3 Å². The number of rotatable bonds is 4.